The molecule has 0 unspecified atom stereocenters. The lowest BCUT2D eigenvalue weighted by Gasteiger charge is -2.24. The molecule has 0 atom stereocenters. The largest absolute Gasteiger partial charge is 0.370 e. The van der Waals surface area contributed by atoms with Gasteiger partial charge in [0.25, 0.3) is 0 Å². The zero-order valence-electron chi connectivity index (χ0n) is 13.0. The lowest BCUT2D eigenvalue weighted by Crippen LogP contribution is -2.39. The molecule has 1 aromatic heterocycles. The monoisotopic (exact) mass is 278 g/mol. The first-order valence-corrected chi connectivity index (χ1v) is 7.32. The smallest absolute Gasteiger partial charge is 0.242 e. The zero-order chi connectivity index (χ0) is 15.0. The van der Waals surface area contributed by atoms with Crippen molar-refractivity contribution in [2.45, 2.75) is 27.2 Å². The van der Waals surface area contributed by atoms with Crippen molar-refractivity contribution in [3.63, 3.8) is 0 Å². The number of anilines is 2. The van der Waals surface area contributed by atoms with E-state index in [-0.39, 0.29) is 5.91 Å². The van der Waals surface area contributed by atoms with Gasteiger partial charge in [0.2, 0.25) is 5.91 Å². The summed E-state index contributed by atoms with van der Waals surface area (Å²) in [5, 5.41) is 3.25. The van der Waals surface area contributed by atoms with Crippen molar-refractivity contribution in [2.24, 2.45) is 0 Å². The molecule has 5 heteroatoms. The van der Waals surface area contributed by atoms with Crippen molar-refractivity contribution in [3.8, 4) is 0 Å². The molecule has 0 radical (unpaired) electrons. The van der Waals surface area contributed by atoms with Gasteiger partial charge in [0.05, 0.1) is 6.54 Å². The van der Waals surface area contributed by atoms with Crippen LogP contribution >= 0.6 is 0 Å². The molecule has 0 bridgehead atoms. The van der Waals surface area contributed by atoms with Crippen LogP contribution in [0.3, 0.4) is 0 Å². The molecule has 0 saturated carbocycles. The second-order valence-electron chi connectivity index (χ2n) is 4.73. The normalized spacial score (nSPS) is 10.2. The topological polar surface area (TPSA) is 48.5 Å². The highest BCUT2D eigenvalue weighted by molar-refractivity contribution is 5.81. The number of nitrogens with zero attached hydrogens (tertiary/aromatic N) is 3. The molecular formula is C15H26N4O. The molecule has 0 aliphatic rings. The Morgan fingerprint density at radius 3 is 2.55 bits per heavy atom. The van der Waals surface area contributed by atoms with Crippen LogP contribution in [-0.2, 0) is 4.79 Å². The maximum Gasteiger partial charge on any atom is 0.242 e. The summed E-state index contributed by atoms with van der Waals surface area (Å²) in [5.74, 6) is 1.80. The lowest BCUT2D eigenvalue weighted by atomic mass is 10.3. The number of pyridine rings is 1. The molecule has 0 aliphatic heterocycles. The summed E-state index contributed by atoms with van der Waals surface area (Å²) in [7, 11) is 1.90. The van der Waals surface area contributed by atoms with E-state index < -0.39 is 0 Å². The third kappa shape index (κ3) is 4.72. The average Bonchev–Trinajstić information content (AvgIpc) is 2.46. The van der Waals surface area contributed by atoms with E-state index in [0.29, 0.717) is 6.54 Å². The number of hydrogen-bond acceptors (Lipinski definition) is 4. The van der Waals surface area contributed by atoms with Gasteiger partial charge in [0.15, 0.2) is 0 Å². The predicted molar refractivity (Wildman–Crippen MR) is 84.2 cm³/mol. The van der Waals surface area contributed by atoms with Gasteiger partial charge >= 0.3 is 0 Å². The van der Waals surface area contributed by atoms with E-state index in [4.69, 9.17) is 0 Å². The minimum atomic E-state index is 0.131. The lowest BCUT2D eigenvalue weighted by molar-refractivity contribution is -0.129. The second kappa shape index (κ2) is 8.40. The number of hydrogen-bond donors (Lipinski definition) is 1. The van der Waals surface area contributed by atoms with Gasteiger partial charge < -0.3 is 15.1 Å². The summed E-state index contributed by atoms with van der Waals surface area (Å²) in [6.45, 7) is 8.85. The van der Waals surface area contributed by atoms with Crippen LogP contribution in [-0.4, -0.2) is 49.0 Å². The van der Waals surface area contributed by atoms with Gasteiger partial charge in [-0.1, -0.05) is 13.0 Å². The second-order valence-corrected chi connectivity index (χ2v) is 4.73. The minimum Gasteiger partial charge on any atom is -0.370 e. The van der Waals surface area contributed by atoms with Gasteiger partial charge in [-0.25, -0.2) is 4.98 Å². The van der Waals surface area contributed by atoms with Crippen LogP contribution in [0.15, 0.2) is 18.2 Å². The van der Waals surface area contributed by atoms with E-state index in [2.05, 4.69) is 17.2 Å². The molecule has 1 aromatic rings. The summed E-state index contributed by atoms with van der Waals surface area (Å²) in [6.07, 6.45) is 1.06. The van der Waals surface area contributed by atoms with Crippen LogP contribution < -0.4 is 10.2 Å². The van der Waals surface area contributed by atoms with E-state index in [9.17, 15) is 4.79 Å². The fourth-order valence-corrected chi connectivity index (χ4v) is 1.95. The zero-order valence-corrected chi connectivity index (χ0v) is 13.0. The summed E-state index contributed by atoms with van der Waals surface area (Å²) >= 11 is 0. The highest BCUT2D eigenvalue weighted by Crippen LogP contribution is 2.13. The summed E-state index contributed by atoms with van der Waals surface area (Å²) in [4.78, 5) is 20.3. The molecule has 0 fully saturated rings. The first-order chi connectivity index (χ1) is 9.62. The van der Waals surface area contributed by atoms with Gasteiger partial charge in [0, 0.05) is 26.7 Å². The van der Waals surface area contributed by atoms with Crippen molar-refractivity contribution in [1.29, 1.82) is 0 Å². The number of aromatic nitrogens is 1. The number of amides is 1. The number of likely N-dealkylation sites (N-methyl/N-ethyl adjacent to an activating group) is 2. The van der Waals surface area contributed by atoms with Crippen molar-refractivity contribution in [2.75, 3.05) is 43.4 Å². The van der Waals surface area contributed by atoms with E-state index in [0.717, 1.165) is 37.7 Å². The Labute approximate surface area is 122 Å². The Kier molecular flexibility index (Phi) is 6.84. The summed E-state index contributed by atoms with van der Waals surface area (Å²) in [5.41, 5.74) is 0. The van der Waals surface area contributed by atoms with Crippen LogP contribution in [0.4, 0.5) is 11.6 Å². The molecule has 5 nitrogen and oxygen atoms in total. The Hall–Kier alpha value is -1.78. The SMILES string of the molecule is CCCNc1cccc(N(C)CC(=O)N(CC)CC)n1. The Morgan fingerprint density at radius 2 is 1.95 bits per heavy atom. The highest BCUT2D eigenvalue weighted by Gasteiger charge is 2.13. The maximum absolute atomic E-state index is 12.1. The Bertz CT molecular complexity index is 418. The van der Waals surface area contributed by atoms with Gasteiger partial charge in [-0.05, 0) is 32.4 Å². The van der Waals surface area contributed by atoms with Gasteiger partial charge in [-0.3, -0.25) is 4.79 Å². The van der Waals surface area contributed by atoms with Crippen LogP contribution in [0.2, 0.25) is 0 Å². The van der Waals surface area contributed by atoms with E-state index in [1.165, 1.54) is 0 Å². The fourth-order valence-electron chi connectivity index (χ4n) is 1.95. The maximum atomic E-state index is 12.1. The van der Waals surface area contributed by atoms with Crippen molar-refractivity contribution in [1.82, 2.24) is 9.88 Å². The molecular weight excluding hydrogens is 252 g/mol. The number of rotatable bonds is 8. The number of carbonyl (C=O) groups excluding carboxylic acids is 1. The van der Waals surface area contributed by atoms with Crippen LogP contribution in [0.25, 0.3) is 0 Å². The number of carbonyl (C=O) groups is 1. The van der Waals surface area contributed by atoms with Gasteiger partial charge in [-0.2, -0.15) is 0 Å². The predicted octanol–water partition coefficient (Wildman–Crippen LogP) is 2.21. The molecule has 0 saturated heterocycles. The molecule has 1 rings (SSSR count). The highest BCUT2D eigenvalue weighted by atomic mass is 16.2. The summed E-state index contributed by atoms with van der Waals surface area (Å²) in [6, 6.07) is 5.82. The molecule has 0 aliphatic carbocycles. The molecule has 1 N–H and O–H groups in total. The first-order valence-electron chi connectivity index (χ1n) is 7.32. The summed E-state index contributed by atoms with van der Waals surface area (Å²) < 4.78 is 0. The van der Waals surface area contributed by atoms with Gasteiger partial charge in [0.1, 0.15) is 11.6 Å². The Balaban J connectivity index is 2.67. The van der Waals surface area contributed by atoms with Crippen LogP contribution in [0.5, 0.6) is 0 Å². The Morgan fingerprint density at radius 1 is 1.25 bits per heavy atom. The molecule has 1 amide bonds. The third-order valence-electron chi connectivity index (χ3n) is 3.17. The number of nitrogens with one attached hydrogen (secondary N) is 1. The first kappa shape index (κ1) is 16.3. The quantitative estimate of drug-likeness (QED) is 0.792. The van der Waals surface area contributed by atoms with Crippen LogP contribution in [0, 0.1) is 0 Å². The van der Waals surface area contributed by atoms with E-state index in [1.807, 2.05) is 48.9 Å². The third-order valence-corrected chi connectivity index (χ3v) is 3.17. The molecule has 112 valence electrons. The standard InChI is InChI=1S/C15H26N4O/c1-5-11-16-13-9-8-10-14(17-13)18(4)12-15(20)19(6-2)7-3/h8-10H,5-7,11-12H2,1-4H3,(H,16,17). The average molecular weight is 278 g/mol. The molecule has 0 aromatic carbocycles. The molecule has 20 heavy (non-hydrogen) atoms. The minimum absolute atomic E-state index is 0.131. The van der Waals surface area contributed by atoms with E-state index >= 15 is 0 Å². The fraction of sp³-hybridized carbons (Fsp3) is 0.600. The van der Waals surface area contributed by atoms with Crippen molar-refractivity contribution < 1.29 is 4.79 Å². The van der Waals surface area contributed by atoms with Crippen LogP contribution in [0.1, 0.15) is 27.2 Å². The molecule has 1 heterocycles. The van der Waals surface area contributed by atoms with Crippen molar-refractivity contribution in [3.05, 3.63) is 18.2 Å². The van der Waals surface area contributed by atoms with E-state index in [1.54, 1.807) is 0 Å². The molecule has 0 spiro atoms. The van der Waals surface area contributed by atoms with Gasteiger partial charge in [-0.15, -0.1) is 0 Å². The van der Waals surface area contributed by atoms with Crippen molar-refractivity contribution >= 4 is 17.5 Å².